The highest BCUT2D eigenvalue weighted by molar-refractivity contribution is 7.99. The molecular formula is C23H26ClF4N5OS. The molecule has 3 heterocycles. The van der Waals surface area contributed by atoms with E-state index in [1.165, 1.54) is 12.5 Å². The molecule has 0 unspecified atom stereocenters. The number of oxazole rings is 1. The fourth-order valence-corrected chi connectivity index (χ4v) is 5.84. The van der Waals surface area contributed by atoms with Crippen molar-refractivity contribution in [2.24, 2.45) is 12.5 Å². The van der Waals surface area contributed by atoms with Crippen LogP contribution in [0.1, 0.15) is 42.0 Å². The smallest absolute Gasteiger partial charge is 0.416 e. The predicted molar refractivity (Wildman–Crippen MR) is 126 cm³/mol. The van der Waals surface area contributed by atoms with Crippen molar-refractivity contribution < 1.29 is 22.0 Å². The topological polar surface area (TPSA) is 60.0 Å². The lowest BCUT2D eigenvalue weighted by atomic mass is 9.97. The van der Waals surface area contributed by atoms with E-state index < -0.39 is 17.6 Å². The van der Waals surface area contributed by atoms with Crippen LogP contribution in [0.4, 0.5) is 17.6 Å². The Morgan fingerprint density at radius 2 is 2.06 bits per heavy atom. The number of aromatic nitrogens is 4. The normalized spacial score (nSPS) is 22.1. The monoisotopic (exact) mass is 531 g/mol. The van der Waals surface area contributed by atoms with E-state index in [0.29, 0.717) is 23.2 Å². The van der Waals surface area contributed by atoms with E-state index in [1.54, 1.807) is 11.8 Å². The summed E-state index contributed by atoms with van der Waals surface area (Å²) in [4.78, 5) is 6.47. The van der Waals surface area contributed by atoms with Gasteiger partial charge in [-0.3, -0.25) is 0 Å². The third-order valence-electron chi connectivity index (χ3n) is 6.99. The SMILES string of the molecule is Cc1ncoc1-c1nnc(SCCCN2CC[C@@]3(C[C@@H]3c3ccc(C(F)(F)F)cc3F)C2)n1C.Cl. The molecule has 12 heteroatoms. The Morgan fingerprint density at radius 1 is 1.26 bits per heavy atom. The Hall–Kier alpha value is -2.11. The Morgan fingerprint density at radius 3 is 2.74 bits per heavy atom. The highest BCUT2D eigenvalue weighted by atomic mass is 35.5. The maximum Gasteiger partial charge on any atom is 0.416 e. The zero-order valence-corrected chi connectivity index (χ0v) is 20.9. The van der Waals surface area contributed by atoms with Crippen LogP contribution >= 0.6 is 24.2 Å². The summed E-state index contributed by atoms with van der Waals surface area (Å²) in [6.45, 7) is 4.58. The lowest BCUT2D eigenvalue weighted by molar-refractivity contribution is -0.137. The van der Waals surface area contributed by atoms with Crippen molar-refractivity contribution in [1.82, 2.24) is 24.6 Å². The van der Waals surface area contributed by atoms with Crippen LogP contribution in [-0.4, -0.2) is 50.0 Å². The molecule has 5 rings (SSSR count). The fraction of sp³-hybridized carbons (Fsp3) is 0.522. The van der Waals surface area contributed by atoms with E-state index in [4.69, 9.17) is 4.42 Å². The number of benzene rings is 1. The van der Waals surface area contributed by atoms with Crippen LogP contribution in [0.3, 0.4) is 0 Å². The molecule has 190 valence electrons. The summed E-state index contributed by atoms with van der Waals surface area (Å²) in [5.74, 6) is 1.41. The number of nitrogens with zero attached hydrogens (tertiary/aromatic N) is 5. The van der Waals surface area contributed by atoms with Crippen molar-refractivity contribution in [3.63, 3.8) is 0 Å². The molecule has 1 aliphatic heterocycles. The molecule has 1 spiro atoms. The van der Waals surface area contributed by atoms with Gasteiger partial charge in [-0.05, 0) is 68.3 Å². The molecule has 1 aromatic carbocycles. The minimum absolute atomic E-state index is 0. The molecule has 0 N–H and O–H groups in total. The lowest BCUT2D eigenvalue weighted by Gasteiger charge is -2.16. The molecule has 1 saturated carbocycles. The second-order valence-electron chi connectivity index (χ2n) is 9.21. The maximum atomic E-state index is 14.4. The molecule has 2 aromatic heterocycles. The van der Waals surface area contributed by atoms with Crippen molar-refractivity contribution >= 4 is 24.2 Å². The van der Waals surface area contributed by atoms with E-state index in [-0.39, 0.29) is 23.7 Å². The molecule has 6 nitrogen and oxygen atoms in total. The van der Waals surface area contributed by atoms with Gasteiger partial charge in [0, 0.05) is 19.3 Å². The molecule has 2 aliphatic rings. The molecule has 2 atom stereocenters. The van der Waals surface area contributed by atoms with Crippen molar-refractivity contribution in [3.05, 3.63) is 47.2 Å². The standard InChI is InChI=1S/C23H25F4N5OS.ClH/c1-14-19(33-13-28-14)20-29-30-21(31(20)2)34-9-3-7-32-8-6-22(12-32)11-17(22)16-5-4-15(10-18(16)24)23(25,26)27;/h4-5,10,13,17H,3,6-9,11-12H2,1-2H3;1H/t17-,22-;/m1./s1. The molecule has 2 fully saturated rings. The molecular weight excluding hydrogens is 506 g/mol. The molecule has 0 bridgehead atoms. The van der Waals surface area contributed by atoms with Gasteiger partial charge in [-0.1, -0.05) is 17.8 Å². The van der Waals surface area contributed by atoms with Crippen LogP contribution in [0.25, 0.3) is 11.6 Å². The Kier molecular flexibility index (Phi) is 7.23. The van der Waals surface area contributed by atoms with Gasteiger partial charge in [-0.15, -0.1) is 22.6 Å². The van der Waals surface area contributed by atoms with Crippen molar-refractivity contribution in [3.8, 4) is 11.6 Å². The molecule has 0 radical (unpaired) electrons. The van der Waals surface area contributed by atoms with Gasteiger partial charge in [-0.2, -0.15) is 13.2 Å². The van der Waals surface area contributed by atoms with E-state index in [2.05, 4.69) is 20.1 Å². The zero-order chi connectivity index (χ0) is 24.1. The van der Waals surface area contributed by atoms with Gasteiger partial charge in [0.15, 0.2) is 17.3 Å². The second kappa shape index (κ2) is 9.74. The molecule has 0 amide bonds. The summed E-state index contributed by atoms with van der Waals surface area (Å²) in [5.41, 5.74) is 0.260. The number of halogens is 5. The van der Waals surface area contributed by atoms with E-state index in [9.17, 15) is 17.6 Å². The van der Waals surface area contributed by atoms with Crippen molar-refractivity contribution in [1.29, 1.82) is 0 Å². The number of likely N-dealkylation sites (tertiary alicyclic amines) is 1. The number of rotatable bonds is 7. The molecule has 1 saturated heterocycles. The van der Waals surface area contributed by atoms with Gasteiger partial charge in [0.05, 0.1) is 11.3 Å². The average Bonchev–Trinajstić information content (AvgIpc) is 3.07. The average molecular weight is 532 g/mol. The van der Waals surface area contributed by atoms with Crippen LogP contribution in [0.15, 0.2) is 34.2 Å². The minimum atomic E-state index is -4.52. The van der Waals surface area contributed by atoms with Gasteiger partial charge in [-0.25, -0.2) is 9.37 Å². The quantitative estimate of drug-likeness (QED) is 0.221. The van der Waals surface area contributed by atoms with Gasteiger partial charge in [0.1, 0.15) is 5.82 Å². The van der Waals surface area contributed by atoms with Crippen LogP contribution in [-0.2, 0) is 13.2 Å². The summed E-state index contributed by atoms with van der Waals surface area (Å²) in [6, 6.07) is 2.95. The summed E-state index contributed by atoms with van der Waals surface area (Å²) < 4.78 is 60.2. The molecule has 1 aliphatic carbocycles. The zero-order valence-electron chi connectivity index (χ0n) is 19.3. The van der Waals surface area contributed by atoms with Gasteiger partial charge in [0.25, 0.3) is 0 Å². The van der Waals surface area contributed by atoms with Gasteiger partial charge >= 0.3 is 6.18 Å². The number of hydrogen-bond acceptors (Lipinski definition) is 6. The van der Waals surface area contributed by atoms with Crippen LogP contribution in [0, 0.1) is 18.2 Å². The Balaban J connectivity index is 0.00000289. The van der Waals surface area contributed by atoms with E-state index >= 15 is 0 Å². The largest absolute Gasteiger partial charge is 0.440 e. The molecule has 3 aromatic rings. The predicted octanol–water partition coefficient (Wildman–Crippen LogP) is 5.72. The van der Waals surface area contributed by atoms with Crippen LogP contribution < -0.4 is 0 Å². The number of alkyl halides is 3. The fourth-order valence-electron chi connectivity index (χ4n) is 5.01. The highest BCUT2D eigenvalue weighted by Gasteiger charge is 2.58. The van der Waals surface area contributed by atoms with Crippen LogP contribution in [0.2, 0.25) is 0 Å². The van der Waals surface area contributed by atoms with Crippen molar-refractivity contribution in [2.75, 3.05) is 25.4 Å². The third kappa shape index (κ3) is 5.08. The first-order valence-electron chi connectivity index (χ1n) is 11.2. The van der Waals surface area contributed by atoms with E-state index in [0.717, 1.165) is 61.6 Å². The maximum absolute atomic E-state index is 14.4. The third-order valence-corrected chi connectivity index (χ3v) is 8.10. The number of hydrogen-bond donors (Lipinski definition) is 0. The van der Waals surface area contributed by atoms with Crippen LogP contribution in [0.5, 0.6) is 0 Å². The first-order valence-corrected chi connectivity index (χ1v) is 12.2. The number of aryl methyl sites for hydroxylation is 1. The van der Waals surface area contributed by atoms with Gasteiger partial charge < -0.3 is 13.9 Å². The number of thioether (sulfide) groups is 1. The molecule has 35 heavy (non-hydrogen) atoms. The Bertz CT molecular complexity index is 1200. The van der Waals surface area contributed by atoms with E-state index in [1.807, 2.05) is 18.5 Å². The summed E-state index contributed by atoms with van der Waals surface area (Å²) in [7, 11) is 1.90. The summed E-state index contributed by atoms with van der Waals surface area (Å²) in [6.07, 6.45) is -0.378. The van der Waals surface area contributed by atoms with Crippen molar-refractivity contribution in [2.45, 2.75) is 43.4 Å². The summed E-state index contributed by atoms with van der Waals surface area (Å²) >= 11 is 1.63. The second-order valence-corrected chi connectivity index (χ2v) is 10.3. The first kappa shape index (κ1) is 26.0. The first-order chi connectivity index (χ1) is 16.2. The Labute approximate surface area is 210 Å². The lowest BCUT2D eigenvalue weighted by Crippen LogP contribution is -2.23. The van der Waals surface area contributed by atoms with Gasteiger partial charge in [0.2, 0.25) is 5.82 Å². The summed E-state index contributed by atoms with van der Waals surface area (Å²) in [5, 5.41) is 9.29. The highest BCUT2D eigenvalue weighted by Crippen LogP contribution is 2.64. The minimum Gasteiger partial charge on any atom is -0.440 e.